The van der Waals surface area contributed by atoms with E-state index in [1.807, 2.05) is 0 Å². The van der Waals surface area contributed by atoms with Gasteiger partial charge < -0.3 is 4.74 Å². The van der Waals surface area contributed by atoms with Crippen LogP contribution in [0.2, 0.25) is 0 Å². The lowest BCUT2D eigenvalue weighted by atomic mass is 9.80. The molecule has 0 heterocycles. The van der Waals surface area contributed by atoms with E-state index in [4.69, 9.17) is 4.74 Å². The Labute approximate surface area is 115 Å². The SMILES string of the molecule is COc1ccc(C[C@H]2CCCc3ccccc32)cc1. The van der Waals surface area contributed by atoms with Crippen molar-refractivity contribution in [2.24, 2.45) is 0 Å². The fraction of sp³-hybridized carbons (Fsp3) is 0.333. The van der Waals surface area contributed by atoms with E-state index in [0.717, 1.165) is 12.2 Å². The van der Waals surface area contributed by atoms with Crippen molar-refractivity contribution in [1.29, 1.82) is 0 Å². The summed E-state index contributed by atoms with van der Waals surface area (Å²) in [5, 5.41) is 0. The topological polar surface area (TPSA) is 9.23 Å². The molecule has 0 fully saturated rings. The molecule has 0 saturated heterocycles. The van der Waals surface area contributed by atoms with Crippen LogP contribution in [0.5, 0.6) is 5.75 Å². The van der Waals surface area contributed by atoms with Crippen molar-refractivity contribution in [1.82, 2.24) is 0 Å². The molecular weight excluding hydrogens is 232 g/mol. The van der Waals surface area contributed by atoms with Crippen LogP contribution in [0.3, 0.4) is 0 Å². The van der Waals surface area contributed by atoms with Gasteiger partial charge in [-0.3, -0.25) is 0 Å². The van der Waals surface area contributed by atoms with Crippen molar-refractivity contribution < 1.29 is 4.74 Å². The molecular formula is C18H20O. The molecule has 0 aromatic heterocycles. The second-order valence-corrected chi connectivity index (χ2v) is 5.34. The highest BCUT2D eigenvalue weighted by Crippen LogP contribution is 2.34. The van der Waals surface area contributed by atoms with Crippen LogP contribution in [-0.4, -0.2) is 7.11 Å². The third-order valence-corrected chi connectivity index (χ3v) is 4.13. The smallest absolute Gasteiger partial charge is 0.118 e. The Hall–Kier alpha value is -1.76. The maximum Gasteiger partial charge on any atom is 0.118 e. The molecule has 1 aliphatic rings. The summed E-state index contributed by atoms with van der Waals surface area (Å²) in [5.41, 5.74) is 4.51. The van der Waals surface area contributed by atoms with Crippen molar-refractivity contribution in [3.8, 4) is 5.75 Å². The molecule has 0 radical (unpaired) electrons. The average molecular weight is 252 g/mol. The van der Waals surface area contributed by atoms with Crippen LogP contribution in [0.4, 0.5) is 0 Å². The summed E-state index contributed by atoms with van der Waals surface area (Å²) < 4.78 is 5.22. The molecule has 0 amide bonds. The predicted molar refractivity (Wildman–Crippen MR) is 78.8 cm³/mol. The van der Waals surface area contributed by atoms with E-state index in [1.165, 1.54) is 24.8 Å². The molecule has 0 unspecified atom stereocenters. The summed E-state index contributed by atoms with van der Waals surface area (Å²) in [4.78, 5) is 0. The second-order valence-electron chi connectivity index (χ2n) is 5.34. The molecule has 2 aromatic rings. The van der Waals surface area contributed by atoms with Gasteiger partial charge >= 0.3 is 0 Å². The fourth-order valence-electron chi connectivity index (χ4n) is 3.11. The minimum absolute atomic E-state index is 0.679. The molecule has 0 bridgehead atoms. The van der Waals surface area contributed by atoms with Gasteiger partial charge in [0.2, 0.25) is 0 Å². The van der Waals surface area contributed by atoms with Crippen molar-refractivity contribution in [3.05, 3.63) is 65.2 Å². The molecule has 0 aliphatic heterocycles. The molecule has 1 nitrogen and oxygen atoms in total. The van der Waals surface area contributed by atoms with Gasteiger partial charge in [-0.15, -0.1) is 0 Å². The third kappa shape index (κ3) is 2.65. The fourth-order valence-corrected chi connectivity index (χ4v) is 3.11. The van der Waals surface area contributed by atoms with Gasteiger partial charge in [0.15, 0.2) is 0 Å². The van der Waals surface area contributed by atoms with Gasteiger partial charge in [0.05, 0.1) is 7.11 Å². The lowest BCUT2D eigenvalue weighted by molar-refractivity contribution is 0.414. The molecule has 98 valence electrons. The highest BCUT2D eigenvalue weighted by atomic mass is 16.5. The van der Waals surface area contributed by atoms with Crippen LogP contribution in [0.1, 0.15) is 35.4 Å². The van der Waals surface area contributed by atoms with E-state index >= 15 is 0 Å². The van der Waals surface area contributed by atoms with Crippen LogP contribution in [-0.2, 0) is 12.8 Å². The number of methoxy groups -OCH3 is 1. The number of hydrogen-bond donors (Lipinski definition) is 0. The first kappa shape index (κ1) is 12.3. The summed E-state index contributed by atoms with van der Waals surface area (Å²) in [6.45, 7) is 0. The van der Waals surface area contributed by atoms with E-state index in [-0.39, 0.29) is 0 Å². The van der Waals surface area contributed by atoms with E-state index in [1.54, 1.807) is 18.2 Å². The largest absolute Gasteiger partial charge is 0.497 e. The van der Waals surface area contributed by atoms with E-state index < -0.39 is 0 Å². The Bertz CT molecular complexity index is 542. The van der Waals surface area contributed by atoms with Gasteiger partial charge in [-0.05, 0) is 60.4 Å². The van der Waals surface area contributed by atoms with Crippen LogP contribution >= 0.6 is 0 Å². The molecule has 19 heavy (non-hydrogen) atoms. The summed E-state index contributed by atoms with van der Waals surface area (Å²) in [6, 6.07) is 17.4. The van der Waals surface area contributed by atoms with Crippen molar-refractivity contribution in [2.75, 3.05) is 7.11 Å². The number of fused-ring (bicyclic) bond motifs is 1. The maximum absolute atomic E-state index is 5.22. The predicted octanol–water partition coefficient (Wildman–Crippen LogP) is 4.36. The molecule has 0 N–H and O–H groups in total. The molecule has 0 spiro atoms. The van der Waals surface area contributed by atoms with E-state index in [9.17, 15) is 0 Å². The standard InChI is InChI=1S/C18H20O/c1-19-17-11-9-14(10-12-17)13-16-7-4-6-15-5-2-3-8-18(15)16/h2-3,5,8-12,16H,4,6-7,13H2,1H3/t16-/m1/s1. The molecule has 1 aliphatic carbocycles. The Morgan fingerprint density at radius 2 is 1.84 bits per heavy atom. The average Bonchev–Trinajstić information content (AvgIpc) is 2.48. The van der Waals surface area contributed by atoms with Gasteiger partial charge in [-0.2, -0.15) is 0 Å². The zero-order chi connectivity index (χ0) is 13.1. The monoisotopic (exact) mass is 252 g/mol. The van der Waals surface area contributed by atoms with Crippen LogP contribution in [0.25, 0.3) is 0 Å². The van der Waals surface area contributed by atoms with Gasteiger partial charge in [-0.1, -0.05) is 36.4 Å². The van der Waals surface area contributed by atoms with Crippen molar-refractivity contribution in [3.63, 3.8) is 0 Å². The zero-order valence-corrected chi connectivity index (χ0v) is 11.4. The van der Waals surface area contributed by atoms with Crippen LogP contribution < -0.4 is 4.74 Å². The molecule has 1 heteroatoms. The molecule has 0 saturated carbocycles. The number of rotatable bonds is 3. The third-order valence-electron chi connectivity index (χ3n) is 4.13. The van der Waals surface area contributed by atoms with Gasteiger partial charge in [0, 0.05) is 0 Å². The molecule has 1 atom stereocenters. The lowest BCUT2D eigenvalue weighted by Crippen LogP contribution is -2.11. The molecule has 2 aromatic carbocycles. The van der Waals surface area contributed by atoms with Gasteiger partial charge in [-0.25, -0.2) is 0 Å². The Balaban J connectivity index is 1.80. The van der Waals surface area contributed by atoms with Crippen molar-refractivity contribution >= 4 is 0 Å². The van der Waals surface area contributed by atoms with E-state index in [0.29, 0.717) is 5.92 Å². The van der Waals surface area contributed by atoms with Gasteiger partial charge in [0.25, 0.3) is 0 Å². The first-order valence-corrected chi connectivity index (χ1v) is 7.07. The minimum atomic E-state index is 0.679. The number of ether oxygens (including phenoxy) is 1. The number of aryl methyl sites for hydroxylation is 1. The number of hydrogen-bond acceptors (Lipinski definition) is 1. The first-order chi connectivity index (χ1) is 9.36. The maximum atomic E-state index is 5.22. The summed E-state index contributed by atoms with van der Waals surface area (Å²) in [6.07, 6.45) is 5.01. The lowest BCUT2D eigenvalue weighted by Gasteiger charge is -2.25. The summed E-state index contributed by atoms with van der Waals surface area (Å²) in [7, 11) is 1.71. The highest BCUT2D eigenvalue weighted by molar-refractivity contribution is 5.35. The van der Waals surface area contributed by atoms with Gasteiger partial charge in [0.1, 0.15) is 5.75 Å². The Kier molecular flexibility index (Phi) is 3.54. The summed E-state index contributed by atoms with van der Waals surface area (Å²) >= 11 is 0. The van der Waals surface area contributed by atoms with E-state index in [2.05, 4.69) is 48.5 Å². The Morgan fingerprint density at radius 1 is 1.05 bits per heavy atom. The Morgan fingerprint density at radius 3 is 2.63 bits per heavy atom. The normalized spacial score (nSPS) is 17.8. The number of benzene rings is 2. The van der Waals surface area contributed by atoms with Crippen LogP contribution in [0.15, 0.2) is 48.5 Å². The minimum Gasteiger partial charge on any atom is -0.497 e. The highest BCUT2D eigenvalue weighted by Gasteiger charge is 2.19. The second kappa shape index (κ2) is 5.48. The first-order valence-electron chi connectivity index (χ1n) is 7.07. The quantitative estimate of drug-likeness (QED) is 0.788. The molecule has 3 rings (SSSR count). The van der Waals surface area contributed by atoms with Crippen molar-refractivity contribution in [2.45, 2.75) is 31.6 Å². The van der Waals surface area contributed by atoms with Crippen LogP contribution in [0, 0.1) is 0 Å². The zero-order valence-electron chi connectivity index (χ0n) is 11.4. The summed E-state index contributed by atoms with van der Waals surface area (Å²) in [5.74, 6) is 1.62.